The summed E-state index contributed by atoms with van der Waals surface area (Å²) in [6.07, 6.45) is -1.74. The van der Waals surface area contributed by atoms with Crippen LogP contribution in [0.4, 0.5) is 19.1 Å². The second kappa shape index (κ2) is 4.83. The molecule has 114 valence electrons. The van der Waals surface area contributed by atoms with Gasteiger partial charge in [0.1, 0.15) is 11.6 Å². The van der Waals surface area contributed by atoms with Crippen LogP contribution in [0.1, 0.15) is 5.82 Å². The molecule has 0 aliphatic rings. The molecule has 0 fully saturated rings. The number of anilines is 1. The number of nitrogens with zero attached hydrogens (tertiary/aromatic N) is 5. The van der Waals surface area contributed by atoms with E-state index in [1.807, 2.05) is 0 Å². The van der Waals surface area contributed by atoms with Crippen molar-refractivity contribution < 1.29 is 18.0 Å². The molecular formula is C12H9F3N6O. The van der Waals surface area contributed by atoms with E-state index in [0.29, 0.717) is 17.3 Å². The molecular weight excluding hydrogens is 301 g/mol. The number of rotatable bonds is 2. The van der Waals surface area contributed by atoms with Crippen LogP contribution in [-0.4, -0.2) is 36.2 Å². The van der Waals surface area contributed by atoms with Crippen molar-refractivity contribution in [2.24, 2.45) is 0 Å². The summed E-state index contributed by atoms with van der Waals surface area (Å²) in [6.45, 7) is 1.77. The number of aryl methyl sites for hydroxylation is 1. The Morgan fingerprint density at radius 3 is 2.73 bits per heavy atom. The molecule has 3 rings (SSSR count). The van der Waals surface area contributed by atoms with Gasteiger partial charge >= 0.3 is 12.1 Å². The maximum Gasteiger partial charge on any atom is 0.471 e. The number of fused-ring (bicyclic) bond motifs is 1. The minimum Gasteiger partial charge on any atom is -0.288 e. The Balaban J connectivity index is 2.04. The predicted octanol–water partition coefficient (Wildman–Crippen LogP) is 1.72. The molecule has 1 amide bonds. The Kier molecular flexibility index (Phi) is 3.08. The van der Waals surface area contributed by atoms with Gasteiger partial charge in [0.05, 0.1) is 0 Å². The lowest BCUT2D eigenvalue weighted by Crippen LogP contribution is -2.30. The van der Waals surface area contributed by atoms with Gasteiger partial charge in [0, 0.05) is 12.4 Å². The number of pyridine rings is 1. The van der Waals surface area contributed by atoms with E-state index in [9.17, 15) is 18.0 Å². The average Bonchev–Trinajstić information content (AvgIpc) is 3.02. The van der Waals surface area contributed by atoms with Gasteiger partial charge in [-0.2, -0.15) is 22.7 Å². The summed E-state index contributed by atoms with van der Waals surface area (Å²) in [5, 5.41) is 5.51. The molecule has 0 saturated carbocycles. The van der Waals surface area contributed by atoms with E-state index in [-0.39, 0.29) is 0 Å². The fraction of sp³-hybridized carbons (Fsp3) is 0.167. The molecule has 10 heteroatoms. The van der Waals surface area contributed by atoms with Crippen molar-refractivity contribution in [3.05, 3.63) is 36.4 Å². The summed E-state index contributed by atoms with van der Waals surface area (Å²) < 4.78 is 39.8. The number of nitrogens with one attached hydrogen (secondary N) is 1. The maximum absolute atomic E-state index is 12.3. The molecule has 0 atom stereocenters. The molecule has 1 N–H and O–H groups in total. The monoisotopic (exact) mass is 310 g/mol. The Morgan fingerprint density at radius 2 is 2.09 bits per heavy atom. The number of imidazole rings is 1. The quantitative estimate of drug-likeness (QED) is 0.782. The maximum atomic E-state index is 12.3. The fourth-order valence-electron chi connectivity index (χ4n) is 1.92. The highest BCUT2D eigenvalue weighted by Gasteiger charge is 2.39. The van der Waals surface area contributed by atoms with Crippen molar-refractivity contribution in [3.8, 4) is 5.82 Å². The predicted molar refractivity (Wildman–Crippen MR) is 69.5 cm³/mol. The minimum absolute atomic E-state index is 0.295. The van der Waals surface area contributed by atoms with E-state index in [0.717, 1.165) is 0 Å². The Labute approximate surface area is 121 Å². The first-order chi connectivity index (χ1) is 10.4. The van der Waals surface area contributed by atoms with Gasteiger partial charge in [-0.3, -0.25) is 14.7 Å². The van der Waals surface area contributed by atoms with E-state index in [4.69, 9.17) is 0 Å². The van der Waals surface area contributed by atoms with E-state index in [1.54, 1.807) is 47.4 Å². The molecule has 0 bridgehead atoms. The number of carbonyl (C=O) groups is 1. The van der Waals surface area contributed by atoms with Crippen molar-refractivity contribution in [1.29, 1.82) is 0 Å². The van der Waals surface area contributed by atoms with Crippen molar-refractivity contribution in [3.63, 3.8) is 0 Å². The summed E-state index contributed by atoms with van der Waals surface area (Å²) in [7, 11) is 0. The molecule has 3 heterocycles. The molecule has 0 spiro atoms. The molecule has 0 radical (unpaired) electrons. The lowest BCUT2D eigenvalue weighted by atomic mass is 10.4. The number of hydrogen-bond acceptors (Lipinski definition) is 4. The van der Waals surface area contributed by atoms with Crippen LogP contribution in [0.3, 0.4) is 0 Å². The van der Waals surface area contributed by atoms with E-state index in [2.05, 4.69) is 15.1 Å². The van der Waals surface area contributed by atoms with Crippen LogP contribution in [0, 0.1) is 6.92 Å². The number of aromatic nitrogens is 5. The highest BCUT2D eigenvalue weighted by Crippen LogP contribution is 2.18. The van der Waals surface area contributed by atoms with Crippen LogP contribution < -0.4 is 5.32 Å². The Hall–Kier alpha value is -2.91. The molecule has 7 nitrogen and oxygen atoms in total. The van der Waals surface area contributed by atoms with Crippen LogP contribution in [-0.2, 0) is 4.79 Å². The van der Waals surface area contributed by atoms with Gasteiger partial charge < -0.3 is 0 Å². The van der Waals surface area contributed by atoms with Crippen LogP contribution >= 0.6 is 0 Å². The lowest BCUT2D eigenvalue weighted by Gasteiger charge is -2.06. The molecule has 0 unspecified atom stereocenters. The van der Waals surface area contributed by atoms with Gasteiger partial charge in [0.2, 0.25) is 5.95 Å². The van der Waals surface area contributed by atoms with E-state index >= 15 is 0 Å². The first-order valence-electron chi connectivity index (χ1n) is 6.10. The standard InChI is InChI=1S/C12H9F3N6O/c1-7-16-5-6-20(7)9-4-2-3-8-17-11(19-21(8)9)18-10(22)12(13,14)15/h2-6H,1H3,(H,18,19,22). The number of carbonyl (C=O) groups excluding carboxylic acids is 1. The molecule has 0 aromatic carbocycles. The highest BCUT2D eigenvalue weighted by atomic mass is 19.4. The van der Waals surface area contributed by atoms with Crippen molar-refractivity contribution in [2.75, 3.05) is 5.32 Å². The van der Waals surface area contributed by atoms with Crippen molar-refractivity contribution >= 4 is 17.5 Å². The molecule has 0 aliphatic carbocycles. The largest absolute Gasteiger partial charge is 0.471 e. The Morgan fingerprint density at radius 1 is 1.32 bits per heavy atom. The van der Waals surface area contributed by atoms with Gasteiger partial charge in [0.15, 0.2) is 5.65 Å². The van der Waals surface area contributed by atoms with Crippen LogP contribution in [0.5, 0.6) is 0 Å². The smallest absolute Gasteiger partial charge is 0.288 e. The molecule has 0 aliphatic heterocycles. The van der Waals surface area contributed by atoms with Crippen molar-refractivity contribution in [1.82, 2.24) is 24.1 Å². The van der Waals surface area contributed by atoms with Gasteiger partial charge in [-0.15, -0.1) is 5.10 Å². The number of hydrogen-bond donors (Lipinski definition) is 1. The molecule has 3 aromatic rings. The first kappa shape index (κ1) is 14.0. The van der Waals surface area contributed by atoms with Gasteiger partial charge in [0.25, 0.3) is 0 Å². The third kappa shape index (κ3) is 2.38. The summed E-state index contributed by atoms with van der Waals surface area (Å²) in [5.74, 6) is -1.34. The van der Waals surface area contributed by atoms with Gasteiger partial charge in [-0.25, -0.2) is 4.98 Å². The topological polar surface area (TPSA) is 77.1 Å². The summed E-state index contributed by atoms with van der Waals surface area (Å²) in [5.41, 5.74) is 0.295. The van der Waals surface area contributed by atoms with Crippen LogP contribution in [0.15, 0.2) is 30.6 Å². The SMILES string of the molecule is Cc1nccn1-c1cccc2nc(NC(=O)C(F)(F)F)nn12. The molecule has 22 heavy (non-hydrogen) atoms. The molecule has 0 saturated heterocycles. The summed E-state index contributed by atoms with van der Waals surface area (Å²) in [6, 6.07) is 4.94. The number of alkyl halides is 3. The summed E-state index contributed by atoms with van der Waals surface area (Å²) >= 11 is 0. The third-order valence-corrected chi connectivity index (χ3v) is 2.90. The third-order valence-electron chi connectivity index (χ3n) is 2.90. The average molecular weight is 310 g/mol. The van der Waals surface area contributed by atoms with E-state index in [1.165, 1.54) is 4.52 Å². The fourth-order valence-corrected chi connectivity index (χ4v) is 1.92. The van der Waals surface area contributed by atoms with Gasteiger partial charge in [-0.1, -0.05) is 6.07 Å². The van der Waals surface area contributed by atoms with Crippen LogP contribution in [0.2, 0.25) is 0 Å². The normalized spacial score (nSPS) is 11.8. The van der Waals surface area contributed by atoms with Gasteiger partial charge in [-0.05, 0) is 19.1 Å². The zero-order valence-electron chi connectivity index (χ0n) is 11.2. The van der Waals surface area contributed by atoms with E-state index < -0.39 is 18.0 Å². The second-order valence-electron chi connectivity index (χ2n) is 4.39. The van der Waals surface area contributed by atoms with Crippen molar-refractivity contribution in [2.45, 2.75) is 13.1 Å². The minimum atomic E-state index is -5.00. The lowest BCUT2D eigenvalue weighted by molar-refractivity contribution is -0.167. The molecule has 3 aromatic heterocycles. The first-order valence-corrected chi connectivity index (χ1v) is 6.10. The second-order valence-corrected chi connectivity index (χ2v) is 4.39. The summed E-state index contributed by atoms with van der Waals surface area (Å²) in [4.78, 5) is 18.9. The zero-order valence-corrected chi connectivity index (χ0v) is 11.2. The Bertz CT molecular complexity index is 850. The number of halogens is 3. The van der Waals surface area contributed by atoms with Crippen LogP contribution in [0.25, 0.3) is 11.5 Å². The number of amides is 1. The zero-order chi connectivity index (χ0) is 15.9. The highest BCUT2D eigenvalue weighted by molar-refractivity contribution is 5.93.